The fourth-order valence-corrected chi connectivity index (χ4v) is 2.80. The average molecular weight is 294 g/mol. The van der Waals surface area contributed by atoms with Gasteiger partial charge in [0.15, 0.2) is 0 Å². The molecule has 1 aromatic heterocycles. The SMILES string of the molecule is Cc1c(CO)c2cc(C#N)ccc2n1Cc1ccc(F)cc1. The minimum atomic E-state index is -0.257. The molecule has 1 N–H and O–H groups in total. The Morgan fingerprint density at radius 1 is 1.18 bits per heavy atom. The summed E-state index contributed by atoms with van der Waals surface area (Å²) in [6.45, 7) is 2.46. The molecule has 0 amide bonds. The molecule has 0 bridgehead atoms. The van der Waals surface area contributed by atoms with Crippen molar-refractivity contribution in [3.8, 4) is 6.07 Å². The minimum Gasteiger partial charge on any atom is -0.392 e. The predicted octanol–water partition coefficient (Wildman–Crippen LogP) is 3.50. The van der Waals surface area contributed by atoms with Gasteiger partial charge in [0.25, 0.3) is 0 Å². The minimum absolute atomic E-state index is 0.0758. The third kappa shape index (κ3) is 2.36. The first-order valence-electron chi connectivity index (χ1n) is 7.01. The topological polar surface area (TPSA) is 48.9 Å². The smallest absolute Gasteiger partial charge is 0.123 e. The Bertz CT molecular complexity index is 873. The van der Waals surface area contributed by atoms with E-state index in [1.54, 1.807) is 24.3 Å². The van der Waals surface area contributed by atoms with E-state index >= 15 is 0 Å². The first-order chi connectivity index (χ1) is 10.6. The second-order valence-corrected chi connectivity index (χ2v) is 5.28. The third-order valence-corrected chi connectivity index (χ3v) is 4.00. The number of aliphatic hydroxyl groups excluding tert-OH is 1. The molecule has 0 saturated heterocycles. The standard InChI is InChI=1S/C18H15FN2O/c1-12-17(11-22)16-8-14(9-20)4-7-18(16)21(12)10-13-2-5-15(19)6-3-13/h2-8,22H,10-11H2,1H3. The molecule has 22 heavy (non-hydrogen) atoms. The fraction of sp³-hybridized carbons (Fsp3) is 0.167. The van der Waals surface area contributed by atoms with E-state index in [1.165, 1.54) is 12.1 Å². The van der Waals surface area contributed by atoms with Gasteiger partial charge in [-0.2, -0.15) is 5.26 Å². The normalized spacial score (nSPS) is 10.8. The first-order valence-corrected chi connectivity index (χ1v) is 7.01. The van der Waals surface area contributed by atoms with Crippen LogP contribution in [0.2, 0.25) is 0 Å². The molecule has 4 heteroatoms. The van der Waals surface area contributed by atoms with E-state index in [4.69, 9.17) is 5.26 Å². The van der Waals surface area contributed by atoms with Gasteiger partial charge in [-0.3, -0.25) is 0 Å². The van der Waals surface area contributed by atoms with E-state index in [9.17, 15) is 9.50 Å². The van der Waals surface area contributed by atoms with Crippen molar-refractivity contribution in [2.75, 3.05) is 0 Å². The summed E-state index contributed by atoms with van der Waals surface area (Å²) < 4.78 is 15.1. The molecule has 1 heterocycles. The lowest BCUT2D eigenvalue weighted by Crippen LogP contribution is -2.02. The Morgan fingerprint density at radius 2 is 1.91 bits per heavy atom. The van der Waals surface area contributed by atoms with Gasteiger partial charge in [-0.1, -0.05) is 12.1 Å². The average Bonchev–Trinajstić information content (AvgIpc) is 2.80. The Balaban J connectivity index is 2.15. The van der Waals surface area contributed by atoms with Crippen LogP contribution in [0.3, 0.4) is 0 Å². The zero-order valence-corrected chi connectivity index (χ0v) is 12.2. The highest BCUT2D eigenvalue weighted by Gasteiger charge is 2.14. The maximum absolute atomic E-state index is 13.0. The molecule has 2 aromatic carbocycles. The number of hydrogen-bond donors (Lipinski definition) is 1. The highest BCUT2D eigenvalue weighted by Crippen LogP contribution is 2.28. The van der Waals surface area contributed by atoms with Crippen molar-refractivity contribution >= 4 is 10.9 Å². The lowest BCUT2D eigenvalue weighted by atomic mass is 10.1. The molecular weight excluding hydrogens is 279 g/mol. The Kier molecular flexibility index (Phi) is 3.66. The number of halogens is 1. The quantitative estimate of drug-likeness (QED) is 0.803. The zero-order chi connectivity index (χ0) is 15.7. The van der Waals surface area contributed by atoms with Crippen molar-refractivity contribution in [1.82, 2.24) is 4.57 Å². The second kappa shape index (κ2) is 5.63. The van der Waals surface area contributed by atoms with Crippen molar-refractivity contribution in [3.63, 3.8) is 0 Å². The maximum Gasteiger partial charge on any atom is 0.123 e. The molecule has 0 saturated carbocycles. The summed E-state index contributed by atoms with van der Waals surface area (Å²) in [5.74, 6) is -0.257. The Labute approximate surface area is 127 Å². The van der Waals surface area contributed by atoms with Gasteiger partial charge in [0.2, 0.25) is 0 Å². The van der Waals surface area contributed by atoms with Gasteiger partial charge >= 0.3 is 0 Å². The highest BCUT2D eigenvalue weighted by atomic mass is 19.1. The molecule has 0 atom stereocenters. The molecule has 3 rings (SSSR count). The lowest BCUT2D eigenvalue weighted by Gasteiger charge is -2.09. The summed E-state index contributed by atoms with van der Waals surface area (Å²) in [5, 5.41) is 19.6. The first kappa shape index (κ1) is 14.3. The summed E-state index contributed by atoms with van der Waals surface area (Å²) in [5.41, 5.74) is 4.30. The van der Waals surface area contributed by atoms with Crippen molar-refractivity contribution in [2.24, 2.45) is 0 Å². The Morgan fingerprint density at radius 3 is 2.55 bits per heavy atom. The third-order valence-electron chi connectivity index (χ3n) is 4.00. The number of benzene rings is 2. The second-order valence-electron chi connectivity index (χ2n) is 5.28. The molecule has 3 nitrogen and oxygen atoms in total. The van der Waals surface area contributed by atoms with E-state index < -0.39 is 0 Å². The van der Waals surface area contributed by atoms with Gasteiger partial charge in [-0.05, 0) is 42.8 Å². The van der Waals surface area contributed by atoms with Crippen LogP contribution in [0.25, 0.3) is 10.9 Å². The molecule has 0 aliphatic rings. The molecular formula is C18H15FN2O. The molecule has 0 spiro atoms. The number of nitriles is 1. The van der Waals surface area contributed by atoms with Crippen LogP contribution in [0.5, 0.6) is 0 Å². The number of hydrogen-bond acceptors (Lipinski definition) is 2. The van der Waals surface area contributed by atoms with Crippen LogP contribution in [0, 0.1) is 24.1 Å². The van der Waals surface area contributed by atoms with Crippen LogP contribution in [0.4, 0.5) is 4.39 Å². The zero-order valence-electron chi connectivity index (χ0n) is 12.2. The van der Waals surface area contributed by atoms with Gasteiger partial charge in [-0.25, -0.2) is 4.39 Å². The Hall–Kier alpha value is -2.64. The van der Waals surface area contributed by atoms with Gasteiger partial charge in [0, 0.05) is 28.7 Å². The van der Waals surface area contributed by atoms with Crippen LogP contribution >= 0.6 is 0 Å². The van der Waals surface area contributed by atoms with E-state index in [0.717, 1.165) is 27.7 Å². The molecule has 0 radical (unpaired) electrons. The lowest BCUT2D eigenvalue weighted by molar-refractivity contribution is 0.282. The monoisotopic (exact) mass is 294 g/mol. The van der Waals surface area contributed by atoms with Crippen molar-refractivity contribution in [2.45, 2.75) is 20.1 Å². The number of nitrogens with zero attached hydrogens (tertiary/aromatic N) is 2. The summed E-state index contributed by atoms with van der Waals surface area (Å²) in [6, 6.07) is 14.0. The van der Waals surface area contributed by atoms with E-state index in [-0.39, 0.29) is 12.4 Å². The predicted molar refractivity (Wildman–Crippen MR) is 82.8 cm³/mol. The summed E-state index contributed by atoms with van der Waals surface area (Å²) >= 11 is 0. The maximum atomic E-state index is 13.0. The molecule has 110 valence electrons. The van der Waals surface area contributed by atoms with Crippen LogP contribution in [-0.2, 0) is 13.2 Å². The number of aromatic nitrogens is 1. The summed E-state index contributed by atoms with van der Waals surface area (Å²) in [6.07, 6.45) is 0. The number of rotatable bonds is 3. The molecule has 0 aliphatic heterocycles. The van der Waals surface area contributed by atoms with Crippen molar-refractivity contribution in [3.05, 3.63) is 70.7 Å². The molecule has 0 unspecified atom stereocenters. The van der Waals surface area contributed by atoms with Crippen LogP contribution < -0.4 is 0 Å². The van der Waals surface area contributed by atoms with Crippen molar-refractivity contribution in [1.29, 1.82) is 5.26 Å². The van der Waals surface area contributed by atoms with Gasteiger partial charge in [-0.15, -0.1) is 0 Å². The van der Waals surface area contributed by atoms with Crippen LogP contribution in [0.1, 0.15) is 22.4 Å². The fourth-order valence-electron chi connectivity index (χ4n) is 2.80. The summed E-state index contributed by atoms with van der Waals surface area (Å²) in [4.78, 5) is 0. The number of aliphatic hydroxyl groups is 1. The van der Waals surface area contributed by atoms with Crippen molar-refractivity contribution < 1.29 is 9.50 Å². The largest absolute Gasteiger partial charge is 0.392 e. The molecule has 0 fully saturated rings. The van der Waals surface area contributed by atoms with Crippen LogP contribution in [-0.4, -0.2) is 9.67 Å². The molecule has 3 aromatic rings. The van der Waals surface area contributed by atoms with Gasteiger partial charge in [0.05, 0.1) is 18.2 Å². The van der Waals surface area contributed by atoms with E-state index in [0.29, 0.717) is 12.1 Å². The van der Waals surface area contributed by atoms with Crippen LogP contribution in [0.15, 0.2) is 42.5 Å². The molecule has 0 aliphatic carbocycles. The van der Waals surface area contributed by atoms with E-state index in [2.05, 4.69) is 10.6 Å². The number of fused-ring (bicyclic) bond motifs is 1. The van der Waals surface area contributed by atoms with Gasteiger partial charge < -0.3 is 9.67 Å². The van der Waals surface area contributed by atoms with E-state index in [1.807, 2.05) is 13.0 Å². The van der Waals surface area contributed by atoms with Gasteiger partial charge in [0.1, 0.15) is 5.82 Å². The summed E-state index contributed by atoms with van der Waals surface area (Å²) in [7, 11) is 0. The highest BCUT2D eigenvalue weighted by molar-refractivity contribution is 5.86.